The van der Waals surface area contributed by atoms with Crippen molar-refractivity contribution in [3.05, 3.63) is 58.6 Å². The molecule has 136 valence electrons. The molecule has 2 aromatic carbocycles. The van der Waals surface area contributed by atoms with Crippen LogP contribution in [0.5, 0.6) is 0 Å². The normalized spacial score (nSPS) is 15.6. The van der Waals surface area contributed by atoms with Gasteiger partial charge in [0.1, 0.15) is 0 Å². The summed E-state index contributed by atoms with van der Waals surface area (Å²) in [6, 6.07) is 15.3. The van der Waals surface area contributed by atoms with Crippen molar-refractivity contribution in [3.8, 4) is 0 Å². The number of Topliss-reactive ketones (excluding diaryl/α,β-unsaturated/α-hetero) is 1. The zero-order valence-electron chi connectivity index (χ0n) is 14.7. The Morgan fingerprint density at radius 1 is 1.15 bits per heavy atom. The van der Waals surface area contributed by atoms with Crippen molar-refractivity contribution < 1.29 is 4.79 Å². The van der Waals surface area contributed by atoms with E-state index < -0.39 is 0 Å². The summed E-state index contributed by atoms with van der Waals surface area (Å²) in [5, 5.41) is 0.243. The number of likely N-dealkylation sites (tertiary alicyclic amines) is 1. The molecule has 0 aromatic heterocycles. The van der Waals surface area contributed by atoms with Crippen LogP contribution in [-0.4, -0.2) is 35.9 Å². The minimum Gasteiger partial charge on any atom is -0.376 e. The summed E-state index contributed by atoms with van der Waals surface area (Å²) in [6.07, 6.45) is 1.81. The molecule has 6 heteroatoms. The van der Waals surface area contributed by atoms with Crippen molar-refractivity contribution in [2.45, 2.75) is 12.8 Å². The van der Waals surface area contributed by atoms with Gasteiger partial charge in [0.25, 0.3) is 0 Å². The Morgan fingerprint density at radius 2 is 1.77 bits per heavy atom. The molecule has 1 saturated heterocycles. The van der Waals surface area contributed by atoms with Gasteiger partial charge < -0.3 is 10.6 Å². The fourth-order valence-electron chi connectivity index (χ4n) is 3.32. The number of nitrogens with zero attached hydrogens (tertiary/aromatic N) is 2. The number of nitrogens with two attached hydrogens (primary N) is 1. The van der Waals surface area contributed by atoms with Crippen molar-refractivity contribution in [2.24, 2.45) is 11.7 Å². The first-order valence-electron chi connectivity index (χ1n) is 8.63. The van der Waals surface area contributed by atoms with Crippen LogP contribution in [0.4, 0.5) is 11.4 Å². The monoisotopic (exact) mass is 431 g/mol. The highest BCUT2D eigenvalue weighted by molar-refractivity contribution is 9.10. The van der Waals surface area contributed by atoms with E-state index in [9.17, 15) is 4.79 Å². The van der Waals surface area contributed by atoms with E-state index in [2.05, 4.69) is 27.9 Å². The molecule has 0 unspecified atom stereocenters. The zero-order chi connectivity index (χ0) is 18.7. The molecule has 0 radical (unpaired) electrons. The highest BCUT2D eigenvalue weighted by Gasteiger charge is 2.25. The van der Waals surface area contributed by atoms with Crippen molar-refractivity contribution in [1.29, 1.82) is 0 Å². The van der Waals surface area contributed by atoms with E-state index in [1.807, 2.05) is 48.5 Å². The third-order valence-corrected chi connectivity index (χ3v) is 5.44. The lowest BCUT2D eigenvalue weighted by atomic mass is 9.89. The van der Waals surface area contributed by atoms with Crippen LogP contribution < -0.4 is 10.6 Å². The van der Waals surface area contributed by atoms with E-state index in [0.717, 1.165) is 41.8 Å². The summed E-state index contributed by atoms with van der Waals surface area (Å²) >= 11 is 8.75. The van der Waals surface area contributed by atoms with Crippen LogP contribution in [0.15, 0.2) is 53.0 Å². The molecule has 0 aliphatic carbocycles. The summed E-state index contributed by atoms with van der Waals surface area (Å²) in [7, 11) is 2.10. The van der Waals surface area contributed by atoms with Gasteiger partial charge in [0, 0.05) is 27.3 Å². The molecule has 0 amide bonds. The SMILES string of the molecule is CN1CCC(C(=O)c2cccc(N(C(N)=S)c3cccc(Br)c3)c2)CC1. The summed E-state index contributed by atoms with van der Waals surface area (Å²) in [5.41, 5.74) is 8.36. The van der Waals surface area contributed by atoms with Gasteiger partial charge in [-0.2, -0.15) is 0 Å². The number of ketones is 1. The molecule has 0 bridgehead atoms. The number of benzene rings is 2. The fourth-order valence-corrected chi connectivity index (χ4v) is 3.92. The van der Waals surface area contributed by atoms with Gasteiger partial charge in [-0.3, -0.25) is 9.69 Å². The van der Waals surface area contributed by atoms with Crippen LogP contribution in [0, 0.1) is 5.92 Å². The van der Waals surface area contributed by atoms with Gasteiger partial charge in [0.2, 0.25) is 0 Å². The maximum atomic E-state index is 12.9. The van der Waals surface area contributed by atoms with E-state index in [1.165, 1.54) is 0 Å². The Balaban J connectivity index is 1.89. The maximum absolute atomic E-state index is 12.9. The fraction of sp³-hybridized carbons (Fsp3) is 0.300. The van der Waals surface area contributed by atoms with Crippen LogP contribution in [-0.2, 0) is 0 Å². The van der Waals surface area contributed by atoms with Crippen molar-refractivity contribution >= 4 is 50.4 Å². The van der Waals surface area contributed by atoms with E-state index in [4.69, 9.17) is 18.0 Å². The summed E-state index contributed by atoms with van der Waals surface area (Å²) in [6.45, 7) is 1.93. The Kier molecular flexibility index (Phi) is 6.06. The van der Waals surface area contributed by atoms with E-state index in [1.54, 1.807) is 4.90 Å². The third kappa shape index (κ3) is 4.31. The predicted octanol–water partition coefficient (Wildman–Crippen LogP) is 4.36. The molecule has 1 aliphatic heterocycles. The quantitative estimate of drug-likeness (QED) is 0.575. The average Bonchev–Trinajstić information content (AvgIpc) is 2.62. The first-order valence-corrected chi connectivity index (χ1v) is 9.84. The number of thiocarbonyl (C=S) groups is 1. The number of hydrogen-bond acceptors (Lipinski definition) is 3. The number of carbonyl (C=O) groups is 1. The van der Waals surface area contributed by atoms with E-state index in [0.29, 0.717) is 5.56 Å². The highest BCUT2D eigenvalue weighted by Crippen LogP contribution is 2.29. The van der Waals surface area contributed by atoms with E-state index in [-0.39, 0.29) is 16.8 Å². The molecule has 26 heavy (non-hydrogen) atoms. The Bertz CT molecular complexity index is 818. The third-order valence-electron chi connectivity index (χ3n) is 4.77. The van der Waals surface area contributed by atoms with Crippen molar-refractivity contribution in [2.75, 3.05) is 25.0 Å². The summed E-state index contributed by atoms with van der Waals surface area (Å²) in [5.74, 6) is 0.294. The van der Waals surface area contributed by atoms with Crippen LogP contribution >= 0.6 is 28.1 Å². The van der Waals surface area contributed by atoms with Crippen LogP contribution in [0.2, 0.25) is 0 Å². The number of rotatable bonds is 4. The molecule has 0 saturated carbocycles. The first kappa shape index (κ1) is 19.0. The second-order valence-electron chi connectivity index (χ2n) is 6.65. The molecular formula is C20H22BrN3OS. The van der Waals surface area contributed by atoms with Crippen molar-refractivity contribution in [1.82, 2.24) is 4.90 Å². The van der Waals surface area contributed by atoms with Gasteiger partial charge in [-0.05, 0) is 75.5 Å². The topological polar surface area (TPSA) is 49.6 Å². The molecule has 1 heterocycles. The molecule has 2 N–H and O–H groups in total. The molecule has 0 atom stereocenters. The second kappa shape index (κ2) is 8.29. The van der Waals surface area contributed by atoms with E-state index >= 15 is 0 Å². The van der Waals surface area contributed by atoms with Gasteiger partial charge in [-0.15, -0.1) is 0 Å². The highest BCUT2D eigenvalue weighted by atomic mass is 79.9. The molecule has 4 nitrogen and oxygen atoms in total. The van der Waals surface area contributed by atoms with Crippen LogP contribution in [0.3, 0.4) is 0 Å². The first-order chi connectivity index (χ1) is 12.5. The zero-order valence-corrected chi connectivity index (χ0v) is 17.1. The number of piperidine rings is 1. The lowest BCUT2D eigenvalue weighted by molar-refractivity contribution is 0.0857. The van der Waals surface area contributed by atoms with Gasteiger partial charge in [0.15, 0.2) is 10.9 Å². The Hall–Kier alpha value is -1.76. The number of halogens is 1. The number of carbonyl (C=O) groups excluding carboxylic acids is 1. The lowest BCUT2D eigenvalue weighted by Crippen LogP contribution is -2.34. The molecule has 0 spiro atoms. The van der Waals surface area contributed by atoms with Gasteiger partial charge in [-0.25, -0.2) is 0 Å². The standard InChI is InChI=1S/C20H22BrN3OS/c1-23-10-8-14(9-11-23)19(25)15-4-2-6-17(12-15)24(20(22)26)18-7-3-5-16(21)13-18/h2-7,12-14H,8-11H2,1H3,(H2,22,26). The Morgan fingerprint density at radius 3 is 2.38 bits per heavy atom. The number of anilines is 2. The van der Waals surface area contributed by atoms with Crippen molar-refractivity contribution in [3.63, 3.8) is 0 Å². The minimum absolute atomic E-state index is 0.0885. The largest absolute Gasteiger partial charge is 0.376 e. The molecular weight excluding hydrogens is 410 g/mol. The molecule has 1 aliphatic rings. The average molecular weight is 432 g/mol. The smallest absolute Gasteiger partial charge is 0.175 e. The van der Waals surface area contributed by atoms with Gasteiger partial charge in [-0.1, -0.05) is 34.1 Å². The van der Waals surface area contributed by atoms with Gasteiger partial charge >= 0.3 is 0 Å². The Labute approximate surface area is 168 Å². The molecule has 1 fully saturated rings. The predicted molar refractivity (Wildman–Crippen MR) is 114 cm³/mol. The molecule has 3 rings (SSSR count). The number of hydrogen-bond donors (Lipinski definition) is 1. The summed E-state index contributed by atoms with van der Waals surface area (Å²) in [4.78, 5) is 17.0. The minimum atomic E-state index is 0.0885. The maximum Gasteiger partial charge on any atom is 0.175 e. The lowest BCUT2D eigenvalue weighted by Gasteiger charge is -2.28. The molecule has 2 aromatic rings. The van der Waals surface area contributed by atoms with Crippen LogP contribution in [0.25, 0.3) is 0 Å². The summed E-state index contributed by atoms with van der Waals surface area (Å²) < 4.78 is 0.940. The second-order valence-corrected chi connectivity index (χ2v) is 7.98. The van der Waals surface area contributed by atoms with Gasteiger partial charge in [0.05, 0.1) is 0 Å². The van der Waals surface area contributed by atoms with Crippen LogP contribution in [0.1, 0.15) is 23.2 Å².